The number of carbonyl (C=O) groups is 1. The molecule has 1 fully saturated rings. The van der Waals surface area contributed by atoms with Crippen molar-refractivity contribution in [3.05, 3.63) is 40.5 Å². The molecule has 0 aromatic heterocycles. The van der Waals surface area contributed by atoms with Gasteiger partial charge in [0, 0.05) is 5.57 Å². The topological polar surface area (TPSA) is 59.1 Å². The van der Waals surface area contributed by atoms with Crippen LogP contribution in [0, 0.1) is 6.92 Å². The highest BCUT2D eigenvalue weighted by atomic mass is 16.6. The molecule has 2 atom stereocenters. The summed E-state index contributed by atoms with van der Waals surface area (Å²) in [5.74, 6) is -0.869. The lowest BCUT2D eigenvalue weighted by Crippen LogP contribution is -2.08. The highest BCUT2D eigenvalue weighted by molar-refractivity contribution is 5.92. The maximum atomic E-state index is 11.2. The first-order valence-electron chi connectivity index (χ1n) is 7.29. The van der Waals surface area contributed by atoms with Gasteiger partial charge in [0.05, 0.1) is 19.3 Å². The minimum atomic E-state index is -0.869. The third-order valence-electron chi connectivity index (χ3n) is 3.70. The molecule has 1 aliphatic heterocycles. The Hall–Kier alpha value is -1.65. The molecule has 21 heavy (non-hydrogen) atoms. The molecule has 2 rings (SSSR count). The van der Waals surface area contributed by atoms with Crippen molar-refractivity contribution in [2.75, 3.05) is 13.2 Å². The second-order valence-electron chi connectivity index (χ2n) is 5.34. The highest BCUT2D eigenvalue weighted by Crippen LogP contribution is 2.27. The summed E-state index contributed by atoms with van der Waals surface area (Å²) in [5, 5.41) is 9.22. The van der Waals surface area contributed by atoms with Crippen molar-refractivity contribution >= 4 is 12.0 Å². The van der Waals surface area contributed by atoms with Gasteiger partial charge in [0.15, 0.2) is 0 Å². The SMILES string of the molecule is CCC(=Cc1c(C)cccc1[C@@H](C)OCC1CO1)C(=O)O. The molecule has 1 N–H and O–H groups in total. The lowest BCUT2D eigenvalue weighted by atomic mass is 9.96. The molecule has 0 bridgehead atoms. The van der Waals surface area contributed by atoms with Crippen LogP contribution < -0.4 is 0 Å². The third-order valence-corrected chi connectivity index (χ3v) is 3.70. The average Bonchev–Trinajstić information content (AvgIpc) is 3.27. The van der Waals surface area contributed by atoms with Crippen LogP contribution in [0.5, 0.6) is 0 Å². The number of carboxylic acid groups (broad SMARTS) is 1. The summed E-state index contributed by atoms with van der Waals surface area (Å²) in [6.07, 6.45) is 2.39. The van der Waals surface area contributed by atoms with E-state index in [0.29, 0.717) is 18.6 Å². The van der Waals surface area contributed by atoms with E-state index in [2.05, 4.69) is 0 Å². The maximum Gasteiger partial charge on any atom is 0.331 e. The van der Waals surface area contributed by atoms with Crippen LogP contribution in [0.2, 0.25) is 0 Å². The van der Waals surface area contributed by atoms with E-state index in [-0.39, 0.29) is 12.2 Å². The maximum absolute atomic E-state index is 11.2. The second kappa shape index (κ2) is 6.87. The van der Waals surface area contributed by atoms with E-state index in [0.717, 1.165) is 23.3 Å². The van der Waals surface area contributed by atoms with Crippen LogP contribution in [0.3, 0.4) is 0 Å². The van der Waals surface area contributed by atoms with Gasteiger partial charge in [0.1, 0.15) is 6.10 Å². The summed E-state index contributed by atoms with van der Waals surface area (Å²) in [6, 6.07) is 5.95. The van der Waals surface area contributed by atoms with E-state index in [1.165, 1.54) is 0 Å². The summed E-state index contributed by atoms with van der Waals surface area (Å²) in [7, 11) is 0. The fraction of sp³-hybridized carbons (Fsp3) is 0.471. The second-order valence-corrected chi connectivity index (χ2v) is 5.34. The Labute approximate surface area is 125 Å². The molecule has 1 saturated heterocycles. The first-order chi connectivity index (χ1) is 10.0. The van der Waals surface area contributed by atoms with Crippen molar-refractivity contribution in [1.29, 1.82) is 0 Å². The number of aliphatic carboxylic acids is 1. The molecule has 1 aromatic rings. The first-order valence-corrected chi connectivity index (χ1v) is 7.29. The van der Waals surface area contributed by atoms with Crippen molar-refractivity contribution in [3.8, 4) is 0 Å². The van der Waals surface area contributed by atoms with Crippen molar-refractivity contribution in [2.45, 2.75) is 39.4 Å². The molecule has 4 nitrogen and oxygen atoms in total. The van der Waals surface area contributed by atoms with Gasteiger partial charge in [0.25, 0.3) is 0 Å². The van der Waals surface area contributed by atoms with E-state index in [1.54, 1.807) is 6.08 Å². The van der Waals surface area contributed by atoms with Gasteiger partial charge in [-0.25, -0.2) is 4.79 Å². The van der Waals surface area contributed by atoms with Crippen LogP contribution >= 0.6 is 0 Å². The van der Waals surface area contributed by atoms with Gasteiger partial charge in [0.2, 0.25) is 0 Å². The Morgan fingerprint density at radius 2 is 2.29 bits per heavy atom. The van der Waals surface area contributed by atoms with E-state index in [9.17, 15) is 9.90 Å². The number of benzene rings is 1. The van der Waals surface area contributed by atoms with Gasteiger partial charge in [-0.1, -0.05) is 25.1 Å². The van der Waals surface area contributed by atoms with Crippen LogP contribution in [0.15, 0.2) is 23.8 Å². The number of carboxylic acids is 1. The smallest absolute Gasteiger partial charge is 0.331 e. The van der Waals surface area contributed by atoms with Gasteiger partial charge in [-0.15, -0.1) is 0 Å². The Kier molecular flexibility index (Phi) is 5.15. The molecular formula is C17H22O4. The standard InChI is InChI=1S/C17H22O4/c1-4-13(17(18)19)8-16-11(2)6-5-7-15(16)12(3)20-9-14-10-21-14/h5-8,12,14H,4,9-10H2,1-3H3,(H,18,19)/t12-,14?/m1/s1. The highest BCUT2D eigenvalue weighted by Gasteiger charge is 2.24. The summed E-state index contributed by atoms with van der Waals surface area (Å²) in [6.45, 7) is 7.18. The van der Waals surface area contributed by atoms with E-state index < -0.39 is 5.97 Å². The molecule has 1 aromatic carbocycles. The molecule has 4 heteroatoms. The minimum Gasteiger partial charge on any atom is -0.478 e. The fourth-order valence-electron chi connectivity index (χ4n) is 2.25. The van der Waals surface area contributed by atoms with Gasteiger partial charge < -0.3 is 14.6 Å². The van der Waals surface area contributed by atoms with E-state index in [1.807, 2.05) is 39.0 Å². The summed E-state index contributed by atoms with van der Waals surface area (Å²) >= 11 is 0. The number of aryl methyl sites for hydroxylation is 1. The van der Waals surface area contributed by atoms with Crippen LogP contribution in [0.4, 0.5) is 0 Å². The van der Waals surface area contributed by atoms with Crippen molar-refractivity contribution < 1.29 is 19.4 Å². The Morgan fingerprint density at radius 1 is 1.57 bits per heavy atom. The van der Waals surface area contributed by atoms with Gasteiger partial charge in [-0.3, -0.25) is 0 Å². The molecule has 0 spiro atoms. The van der Waals surface area contributed by atoms with Crippen LogP contribution in [0.1, 0.15) is 43.1 Å². The van der Waals surface area contributed by atoms with Crippen LogP contribution in [-0.2, 0) is 14.3 Å². The molecule has 0 amide bonds. The number of hydrogen-bond donors (Lipinski definition) is 1. The molecule has 1 heterocycles. The van der Waals surface area contributed by atoms with E-state index >= 15 is 0 Å². The predicted octanol–water partition coefficient (Wildman–Crippen LogP) is 3.35. The number of ether oxygens (including phenoxy) is 2. The number of epoxide rings is 1. The molecular weight excluding hydrogens is 268 g/mol. The molecule has 0 saturated carbocycles. The zero-order chi connectivity index (χ0) is 15.4. The van der Waals surface area contributed by atoms with Crippen molar-refractivity contribution in [2.24, 2.45) is 0 Å². The zero-order valence-corrected chi connectivity index (χ0v) is 12.8. The fourth-order valence-corrected chi connectivity index (χ4v) is 2.25. The number of rotatable bonds is 7. The zero-order valence-electron chi connectivity index (χ0n) is 12.8. The lowest BCUT2D eigenvalue weighted by molar-refractivity contribution is -0.132. The molecule has 114 valence electrons. The normalized spacial score (nSPS) is 19.4. The predicted molar refractivity (Wildman–Crippen MR) is 81.2 cm³/mol. The monoisotopic (exact) mass is 290 g/mol. The minimum absolute atomic E-state index is 0.0905. The van der Waals surface area contributed by atoms with Gasteiger partial charge in [-0.2, -0.15) is 0 Å². The molecule has 1 aliphatic rings. The third kappa shape index (κ3) is 4.16. The Balaban J connectivity index is 2.27. The van der Waals surface area contributed by atoms with Gasteiger partial charge >= 0.3 is 5.97 Å². The quantitative estimate of drug-likeness (QED) is 0.618. The Bertz CT molecular complexity index is 544. The van der Waals surface area contributed by atoms with Crippen LogP contribution in [-0.4, -0.2) is 30.4 Å². The molecule has 0 aliphatic carbocycles. The largest absolute Gasteiger partial charge is 0.478 e. The average molecular weight is 290 g/mol. The molecule has 0 radical (unpaired) electrons. The Morgan fingerprint density at radius 3 is 2.86 bits per heavy atom. The van der Waals surface area contributed by atoms with Crippen molar-refractivity contribution in [3.63, 3.8) is 0 Å². The summed E-state index contributed by atoms with van der Waals surface area (Å²) < 4.78 is 11.0. The number of hydrogen-bond acceptors (Lipinski definition) is 3. The van der Waals surface area contributed by atoms with Crippen molar-refractivity contribution in [1.82, 2.24) is 0 Å². The molecule has 1 unspecified atom stereocenters. The lowest BCUT2D eigenvalue weighted by Gasteiger charge is -2.17. The summed E-state index contributed by atoms with van der Waals surface area (Å²) in [4.78, 5) is 11.2. The van der Waals surface area contributed by atoms with E-state index in [4.69, 9.17) is 9.47 Å². The summed E-state index contributed by atoms with van der Waals surface area (Å²) in [5.41, 5.74) is 3.42. The first kappa shape index (κ1) is 15.7. The van der Waals surface area contributed by atoms with Crippen LogP contribution in [0.25, 0.3) is 6.08 Å². The van der Waals surface area contributed by atoms with Gasteiger partial charge in [-0.05, 0) is 43.0 Å².